The number of imide groups is 1. The summed E-state index contributed by atoms with van der Waals surface area (Å²) in [6, 6.07) is 20.6. The van der Waals surface area contributed by atoms with Gasteiger partial charge in [-0.1, -0.05) is 64.5 Å². The molecule has 2 amide bonds. The SMILES string of the molecule is Cc1ccccc1[C@H]1OC2(C(=O)c3ccccc3C2=O)[C@H]2C(=O)N(c3ccc(Br)cc3)C(=O)[C@@H]12. The maximum Gasteiger partial charge on any atom is 0.241 e. The van der Waals surface area contributed by atoms with Crippen LogP contribution in [0.2, 0.25) is 0 Å². The van der Waals surface area contributed by atoms with Gasteiger partial charge in [0.15, 0.2) is 0 Å². The molecule has 0 bridgehead atoms. The summed E-state index contributed by atoms with van der Waals surface area (Å²) in [4.78, 5) is 56.2. The van der Waals surface area contributed by atoms with Crippen molar-refractivity contribution >= 4 is 45.0 Å². The second-order valence-electron chi connectivity index (χ2n) is 8.83. The Hall–Kier alpha value is -3.42. The van der Waals surface area contributed by atoms with E-state index in [4.69, 9.17) is 4.74 Å². The first-order chi connectivity index (χ1) is 16.4. The zero-order valence-corrected chi connectivity index (χ0v) is 19.6. The summed E-state index contributed by atoms with van der Waals surface area (Å²) < 4.78 is 7.12. The van der Waals surface area contributed by atoms with Gasteiger partial charge in [-0.15, -0.1) is 0 Å². The van der Waals surface area contributed by atoms with Crippen molar-refractivity contribution in [1.82, 2.24) is 0 Å². The standard InChI is InChI=1S/C27H18BrNO5/c1-14-6-2-3-7-17(14)22-20-21(26(33)29(25(20)32)16-12-10-15(28)11-13-16)27(34-22)23(30)18-8-4-5-9-19(18)24(27)31/h2-13,20-22H,1H3/t20-,21-,22-/m1/s1. The van der Waals surface area contributed by atoms with E-state index in [1.165, 1.54) is 0 Å². The number of carbonyl (C=O) groups excluding carboxylic acids is 4. The maximum absolute atomic E-state index is 13.9. The molecule has 1 spiro atoms. The first kappa shape index (κ1) is 21.1. The van der Waals surface area contributed by atoms with Crippen LogP contribution in [-0.2, 0) is 14.3 Å². The van der Waals surface area contributed by atoms with Crippen LogP contribution in [0.4, 0.5) is 5.69 Å². The molecule has 3 aliphatic rings. The molecule has 0 radical (unpaired) electrons. The molecule has 0 aromatic heterocycles. The molecule has 6 nitrogen and oxygen atoms in total. The Bertz CT molecular complexity index is 1380. The van der Waals surface area contributed by atoms with E-state index in [9.17, 15) is 19.2 Å². The van der Waals surface area contributed by atoms with E-state index >= 15 is 0 Å². The second-order valence-corrected chi connectivity index (χ2v) is 9.74. The molecule has 2 fully saturated rings. The number of nitrogens with zero attached hydrogens (tertiary/aromatic N) is 1. The number of anilines is 1. The van der Waals surface area contributed by atoms with E-state index in [0.717, 1.165) is 14.9 Å². The number of rotatable bonds is 2. The predicted octanol–water partition coefficient (Wildman–Crippen LogP) is 4.45. The largest absolute Gasteiger partial charge is 0.349 e. The highest BCUT2D eigenvalue weighted by atomic mass is 79.9. The third kappa shape index (κ3) is 2.59. The highest BCUT2D eigenvalue weighted by molar-refractivity contribution is 9.10. The van der Waals surface area contributed by atoms with E-state index in [1.54, 1.807) is 48.5 Å². The van der Waals surface area contributed by atoms with Crippen LogP contribution < -0.4 is 4.90 Å². The number of benzene rings is 3. The number of fused-ring (bicyclic) bond motifs is 3. The first-order valence-corrected chi connectivity index (χ1v) is 11.7. The van der Waals surface area contributed by atoms with Crippen LogP contribution in [0.5, 0.6) is 0 Å². The number of amides is 2. The Morgan fingerprint density at radius 2 is 1.38 bits per heavy atom. The Morgan fingerprint density at radius 1 is 0.794 bits per heavy atom. The van der Waals surface area contributed by atoms with Crippen LogP contribution in [-0.4, -0.2) is 29.0 Å². The van der Waals surface area contributed by atoms with Crippen molar-refractivity contribution in [3.63, 3.8) is 0 Å². The number of hydrogen-bond acceptors (Lipinski definition) is 5. The minimum atomic E-state index is -2.06. The molecule has 3 aromatic rings. The van der Waals surface area contributed by atoms with Gasteiger partial charge in [-0.3, -0.25) is 19.2 Å². The Kier molecular flexibility index (Phi) is 4.53. The lowest BCUT2D eigenvalue weighted by atomic mass is 9.77. The number of Topliss-reactive ketones (excluding diaryl/α,β-unsaturated/α-hetero) is 2. The fourth-order valence-corrected chi connectivity index (χ4v) is 5.81. The van der Waals surface area contributed by atoms with Crippen molar-refractivity contribution in [1.29, 1.82) is 0 Å². The van der Waals surface area contributed by atoms with Crippen LogP contribution in [0, 0.1) is 18.8 Å². The summed E-state index contributed by atoms with van der Waals surface area (Å²) >= 11 is 3.36. The van der Waals surface area contributed by atoms with Crippen LogP contribution in [0.25, 0.3) is 0 Å². The number of halogens is 1. The van der Waals surface area contributed by atoms with Gasteiger partial charge in [0.05, 0.1) is 23.6 Å². The molecule has 2 saturated heterocycles. The van der Waals surface area contributed by atoms with Crippen molar-refractivity contribution in [3.8, 4) is 0 Å². The fourth-order valence-electron chi connectivity index (χ4n) is 5.55. The number of hydrogen-bond donors (Lipinski definition) is 0. The summed E-state index contributed by atoms with van der Waals surface area (Å²) in [7, 11) is 0. The van der Waals surface area contributed by atoms with E-state index in [2.05, 4.69) is 15.9 Å². The van der Waals surface area contributed by atoms with Crippen molar-refractivity contribution in [3.05, 3.63) is 99.5 Å². The smallest absolute Gasteiger partial charge is 0.241 e. The minimum Gasteiger partial charge on any atom is -0.349 e. The quantitative estimate of drug-likeness (QED) is 0.372. The molecule has 6 rings (SSSR count). The topological polar surface area (TPSA) is 80.8 Å². The molecule has 34 heavy (non-hydrogen) atoms. The van der Waals surface area contributed by atoms with Crippen LogP contribution >= 0.6 is 15.9 Å². The zero-order valence-electron chi connectivity index (χ0n) is 18.0. The summed E-state index contributed by atoms with van der Waals surface area (Å²) in [5.41, 5.74) is 0.309. The van der Waals surface area contributed by atoms with Crippen LogP contribution in [0.1, 0.15) is 37.9 Å². The van der Waals surface area contributed by atoms with Crippen LogP contribution in [0.15, 0.2) is 77.3 Å². The van der Waals surface area contributed by atoms with Gasteiger partial charge in [-0.05, 0) is 42.3 Å². The van der Waals surface area contributed by atoms with Crippen molar-refractivity contribution in [2.75, 3.05) is 4.90 Å². The lowest BCUT2D eigenvalue weighted by Gasteiger charge is -2.27. The average Bonchev–Trinajstić information content (AvgIpc) is 3.40. The van der Waals surface area contributed by atoms with Crippen molar-refractivity contribution < 1.29 is 23.9 Å². The molecule has 1 aliphatic carbocycles. The molecule has 2 aliphatic heterocycles. The molecule has 3 atom stereocenters. The lowest BCUT2D eigenvalue weighted by molar-refractivity contribution is -0.127. The van der Waals surface area contributed by atoms with E-state index in [-0.39, 0.29) is 11.1 Å². The summed E-state index contributed by atoms with van der Waals surface area (Å²) in [6.07, 6.45) is -0.912. The molecular formula is C27H18BrNO5. The van der Waals surface area contributed by atoms with Gasteiger partial charge >= 0.3 is 0 Å². The second kappa shape index (κ2) is 7.29. The van der Waals surface area contributed by atoms with Gasteiger partial charge in [-0.25, -0.2) is 4.90 Å². The number of ether oxygens (including phenoxy) is 1. The van der Waals surface area contributed by atoms with Gasteiger partial charge in [0.1, 0.15) is 0 Å². The van der Waals surface area contributed by atoms with Gasteiger partial charge in [0, 0.05) is 15.6 Å². The van der Waals surface area contributed by atoms with Crippen molar-refractivity contribution in [2.45, 2.75) is 18.6 Å². The summed E-state index contributed by atoms with van der Waals surface area (Å²) in [6.45, 7) is 1.87. The molecule has 2 heterocycles. The Labute approximate surface area is 203 Å². The third-order valence-corrected chi connectivity index (χ3v) is 7.63. The summed E-state index contributed by atoms with van der Waals surface area (Å²) in [5.74, 6) is -4.43. The highest BCUT2D eigenvalue weighted by Crippen LogP contribution is 2.58. The van der Waals surface area contributed by atoms with Gasteiger partial charge in [-0.2, -0.15) is 0 Å². The highest BCUT2D eigenvalue weighted by Gasteiger charge is 2.74. The zero-order chi connectivity index (χ0) is 23.8. The molecule has 0 saturated carbocycles. The normalized spacial score (nSPS) is 24.8. The average molecular weight is 516 g/mol. The Balaban J connectivity index is 1.56. The van der Waals surface area contributed by atoms with E-state index in [1.807, 2.05) is 31.2 Å². The third-order valence-electron chi connectivity index (χ3n) is 7.10. The number of aryl methyl sites for hydroxylation is 1. The maximum atomic E-state index is 13.9. The Morgan fingerprint density at radius 3 is 2.00 bits per heavy atom. The molecular weight excluding hydrogens is 498 g/mol. The van der Waals surface area contributed by atoms with E-state index in [0.29, 0.717) is 11.3 Å². The molecule has 0 N–H and O–H groups in total. The molecule has 168 valence electrons. The number of ketones is 2. The minimum absolute atomic E-state index is 0.221. The fraction of sp³-hybridized carbons (Fsp3) is 0.185. The molecule has 0 unspecified atom stereocenters. The van der Waals surface area contributed by atoms with Crippen LogP contribution in [0.3, 0.4) is 0 Å². The van der Waals surface area contributed by atoms with Crippen molar-refractivity contribution in [2.24, 2.45) is 11.8 Å². The predicted molar refractivity (Wildman–Crippen MR) is 126 cm³/mol. The van der Waals surface area contributed by atoms with Gasteiger partial charge < -0.3 is 4.74 Å². The van der Waals surface area contributed by atoms with Gasteiger partial charge in [0.25, 0.3) is 0 Å². The summed E-state index contributed by atoms with van der Waals surface area (Å²) in [5, 5.41) is 0. The first-order valence-electron chi connectivity index (χ1n) is 10.9. The van der Waals surface area contributed by atoms with Gasteiger partial charge in [0.2, 0.25) is 29.0 Å². The molecule has 7 heteroatoms. The monoisotopic (exact) mass is 515 g/mol. The number of carbonyl (C=O) groups is 4. The van der Waals surface area contributed by atoms with E-state index < -0.39 is 46.9 Å². The molecule has 3 aromatic carbocycles. The lowest BCUT2D eigenvalue weighted by Crippen LogP contribution is -2.51.